The topological polar surface area (TPSA) is 212 Å². The third kappa shape index (κ3) is 6.91. The van der Waals surface area contributed by atoms with Crippen molar-refractivity contribution in [2.24, 2.45) is 28.2 Å². The van der Waals surface area contributed by atoms with Crippen LogP contribution in [0.2, 0.25) is 0 Å². The lowest BCUT2D eigenvalue weighted by Crippen LogP contribution is -2.54. The van der Waals surface area contributed by atoms with E-state index in [4.69, 9.17) is 10.1 Å². The van der Waals surface area contributed by atoms with E-state index in [9.17, 15) is 29.7 Å². The molecule has 2 aliphatic carbocycles. The Labute approximate surface area is 247 Å². The van der Waals surface area contributed by atoms with Crippen molar-refractivity contribution >= 4 is 23.7 Å². The predicted octanol–water partition coefficient (Wildman–Crippen LogP) is 1.87. The number of amides is 2. The second kappa shape index (κ2) is 13.2. The summed E-state index contributed by atoms with van der Waals surface area (Å²) in [5.74, 6) is -1.84. The lowest BCUT2D eigenvalue weighted by Gasteiger charge is -2.39. The number of phenolic OH excluding ortho intramolecular Hbond substituents is 2. The van der Waals surface area contributed by atoms with Crippen LogP contribution in [0.3, 0.4) is 0 Å². The van der Waals surface area contributed by atoms with Crippen LogP contribution in [0.5, 0.6) is 11.5 Å². The third-order valence-corrected chi connectivity index (χ3v) is 9.74. The van der Waals surface area contributed by atoms with Crippen molar-refractivity contribution in [3.05, 3.63) is 23.8 Å². The number of ether oxygens (including phenoxy) is 1. The molecule has 2 saturated carbocycles. The smallest absolute Gasteiger partial charge is 0.329 e. The average Bonchev–Trinajstić information content (AvgIpc) is 3.53. The Morgan fingerprint density at radius 2 is 1.83 bits per heavy atom. The van der Waals surface area contributed by atoms with Crippen LogP contribution in [-0.2, 0) is 25.5 Å². The third-order valence-electron chi connectivity index (χ3n) is 9.74. The molecule has 0 aromatic heterocycles. The zero-order valence-electron chi connectivity index (χ0n) is 25.1. The number of benzene rings is 1. The van der Waals surface area contributed by atoms with Gasteiger partial charge in [-0.2, -0.15) is 0 Å². The summed E-state index contributed by atoms with van der Waals surface area (Å²) < 4.78 is 6.09. The number of esters is 1. The first-order chi connectivity index (χ1) is 19.6. The minimum absolute atomic E-state index is 0.0656. The number of hydrogen-bond acceptors (Lipinski definition) is 8. The van der Waals surface area contributed by atoms with Gasteiger partial charge in [-0.15, -0.1) is 0 Å². The number of phenols is 2. The summed E-state index contributed by atoms with van der Waals surface area (Å²) in [6.45, 7) is 9.06. The van der Waals surface area contributed by atoms with Crippen molar-refractivity contribution in [1.82, 2.24) is 10.2 Å². The number of rotatable bonds is 9. The molecule has 3 aliphatic rings. The minimum Gasteiger partial charge on any atom is -0.504 e. The first-order valence-electron chi connectivity index (χ1n) is 14.7. The maximum Gasteiger partial charge on any atom is 0.329 e. The van der Waals surface area contributed by atoms with Crippen LogP contribution in [0, 0.1) is 22.2 Å². The molecule has 6 unspecified atom stereocenters. The van der Waals surface area contributed by atoms with Crippen molar-refractivity contribution in [1.29, 1.82) is 5.41 Å². The molecule has 1 saturated heterocycles. The molecular formula is C30H47N5O7. The fraction of sp³-hybridized carbons (Fsp3) is 0.667. The standard InChI is InChI=1S/C29H42N2O7.CH5N3/c1-5-7-19(30-25(35)23(34)15-17-9-10-21(32)22(33)14-17)26(36)31-13-6-8-20(31)27(37)38-24-16-18-11-12-29(24,4)28(18,2)3;2-1(3)4/h9-10,14,18-20,23-24,32-34H,5-8,11-13,15-16H2,1-4H3,(H,30,35);(H5,2,3,4). The molecule has 234 valence electrons. The number of carbonyl (C=O) groups excluding carboxylic acids is 3. The summed E-state index contributed by atoms with van der Waals surface area (Å²) >= 11 is 0. The molecule has 1 aromatic carbocycles. The number of guanidine groups is 1. The summed E-state index contributed by atoms with van der Waals surface area (Å²) in [6.07, 6.45) is 3.56. The number of aliphatic hydroxyl groups excluding tert-OH is 1. The van der Waals surface area contributed by atoms with E-state index in [1.165, 1.54) is 23.1 Å². The van der Waals surface area contributed by atoms with Gasteiger partial charge in [-0.05, 0) is 67.6 Å². The largest absolute Gasteiger partial charge is 0.504 e. The second-order valence-electron chi connectivity index (χ2n) is 12.6. The van der Waals surface area contributed by atoms with Gasteiger partial charge >= 0.3 is 5.97 Å². The minimum atomic E-state index is -1.45. The molecule has 12 heteroatoms. The molecule has 12 nitrogen and oxygen atoms in total. The summed E-state index contributed by atoms with van der Waals surface area (Å²) in [6, 6.07) is 2.51. The molecule has 0 spiro atoms. The Kier molecular flexibility index (Phi) is 10.3. The molecule has 0 radical (unpaired) electrons. The van der Waals surface area contributed by atoms with Gasteiger partial charge in [-0.3, -0.25) is 15.0 Å². The first kappa shape index (κ1) is 33.0. The maximum absolute atomic E-state index is 13.5. The van der Waals surface area contributed by atoms with E-state index in [-0.39, 0.29) is 52.7 Å². The van der Waals surface area contributed by atoms with Crippen molar-refractivity contribution < 1.29 is 34.4 Å². The highest BCUT2D eigenvalue weighted by atomic mass is 16.5. The van der Waals surface area contributed by atoms with Crippen molar-refractivity contribution in [2.45, 2.75) is 103 Å². The molecule has 9 N–H and O–H groups in total. The monoisotopic (exact) mass is 589 g/mol. The van der Waals surface area contributed by atoms with Crippen molar-refractivity contribution in [2.75, 3.05) is 6.54 Å². The zero-order valence-corrected chi connectivity index (χ0v) is 25.1. The molecule has 42 heavy (non-hydrogen) atoms. The molecular weight excluding hydrogens is 542 g/mol. The number of fused-ring (bicyclic) bond motifs is 2. The highest BCUT2D eigenvalue weighted by Gasteiger charge is 2.63. The molecule has 1 aliphatic heterocycles. The van der Waals surface area contributed by atoms with Crippen LogP contribution in [0.15, 0.2) is 18.2 Å². The number of aromatic hydroxyl groups is 2. The number of nitrogens with one attached hydrogen (secondary N) is 2. The average molecular weight is 590 g/mol. The summed E-state index contributed by atoms with van der Waals surface area (Å²) in [4.78, 5) is 41.2. The van der Waals surface area contributed by atoms with Gasteiger partial charge in [0.25, 0.3) is 0 Å². The second-order valence-corrected chi connectivity index (χ2v) is 12.6. The number of hydrogen-bond donors (Lipinski definition) is 7. The highest BCUT2D eigenvalue weighted by molar-refractivity contribution is 5.92. The Bertz CT molecular complexity index is 1170. The number of carbonyl (C=O) groups is 3. The van der Waals surface area contributed by atoms with Gasteiger partial charge in [0.15, 0.2) is 17.5 Å². The molecule has 3 fully saturated rings. The summed E-state index contributed by atoms with van der Waals surface area (Å²) in [5, 5.41) is 38.3. The van der Waals surface area contributed by atoms with Crippen LogP contribution in [-0.4, -0.2) is 74.8 Å². The first-order valence-corrected chi connectivity index (χ1v) is 14.7. The van der Waals surface area contributed by atoms with E-state index >= 15 is 0 Å². The quantitative estimate of drug-likeness (QED) is 0.0968. The van der Waals surface area contributed by atoms with Gasteiger partial charge in [0.2, 0.25) is 11.8 Å². The molecule has 1 aromatic rings. The van der Waals surface area contributed by atoms with E-state index in [0.717, 1.165) is 19.3 Å². The number of nitrogens with two attached hydrogens (primary N) is 2. The lowest BCUT2D eigenvalue weighted by atomic mass is 9.70. The Morgan fingerprint density at radius 1 is 1.17 bits per heavy atom. The number of likely N-dealkylation sites (tertiary alicyclic amines) is 1. The molecule has 2 bridgehead atoms. The fourth-order valence-corrected chi connectivity index (χ4v) is 6.83. The van der Waals surface area contributed by atoms with E-state index in [1.54, 1.807) is 0 Å². The summed E-state index contributed by atoms with van der Waals surface area (Å²) in [7, 11) is 0. The SMILES string of the molecule is CCCC(NC(=O)C(O)Cc1ccc(O)c(O)c1)C(=O)N1CCCC1C(=O)OC1CC2CCC1(C)C2(C)C.N=C(N)N. The Morgan fingerprint density at radius 3 is 2.38 bits per heavy atom. The summed E-state index contributed by atoms with van der Waals surface area (Å²) in [5.41, 5.74) is 9.45. The van der Waals surface area contributed by atoms with Crippen LogP contribution in [0.4, 0.5) is 0 Å². The van der Waals surface area contributed by atoms with Gasteiger partial charge in [0.05, 0.1) is 0 Å². The van der Waals surface area contributed by atoms with Crippen LogP contribution in [0.1, 0.15) is 78.2 Å². The molecule has 6 atom stereocenters. The van der Waals surface area contributed by atoms with E-state index < -0.39 is 24.1 Å². The van der Waals surface area contributed by atoms with E-state index in [1.807, 2.05) is 6.92 Å². The van der Waals surface area contributed by atoms with Crippen LogP contribution >= 0.6 is 0 Å². The van der Waals surface area contributed by atoms with Gasteiger partial charge in [-0.25, -0.2) is 4.79 Å². The number of aliphatic hydroxyl groups is 1. The van der Waals surface area contributed by atoms with E-state index in [2.05, 4.69) is 37.6 Å². The molecule has 1 heterocycles. The normalized spacial score (nSPS) is 27.0. The zero-order chi connectivity index (χ0) is 31.4. The van der Waals surface area contributed by atoms with Gasteiger partial charge in [0, 0.05) is 18.4 Å². The van der Waals surface area contributed by atoms with Crippen LogP contribution in [0.25, 0.3) is 0 Å². The number of nitrogens with zero attached hydrogens (tertiary/aromatic N) is 1. The van der Waals surface area contributed by atoms with E-state index in [0.29, 0.717) is 43.7 Å². The maximum atomic E-state index is 13.5. The molecule has 4 rings (SSSR count). The van der Waals surface area contributed by atoms with Gasteiger partial charge < -0.3 is 41.7 Å². The Hall–Kier alpha value is -3.54. The van der Waals surface area contributed by atoms with Crippen molar-refractivity contribution in [3.8, 4) is 11.5 Å². The predicted molar refractivity (Wildman–Crippen MR) is 156 cm³/mol. The van der Waals surface area contributed by atoms with Gasteiger partial charge in [-0.1, -0.05) is 40.2 Å². The lowest BCUT2D eigenvalue weighted by molar-refractivity contribution is -0.165. The molecule has 2 amide bonds. The van der Waals surface area contributed by atoms with Crippen LogP contribution < -0.4 is 16.8 Å². The van der Waals surface area contributed by atoms with Gasteiger partial charge in [0.1, 0.15) is 24.3 Å². The van der Waals surface area contributed by atoms with Crippen molar-refractivity contribution in [3.63, 3.8) is 0 Å². The highest BCUT2D eigenvalue weighted by Crippen LogP contribution is 2.66. The fourth-order valence-electron chi connectivity index (χ4n) is 6.83. The Balaban J connectivity index is 0.00000114.